The largest absolute Gasteiger partial charge is 0.460 e. The molecule has 1 aliphatic rings. The summed E-state index contributed by atoms with van der Waals surface area (Å²) in [4.78, 5) is 41.4. The summed E-state index contributed by atoms with van der Waals surface area (Å²) in [5, 5.41) is -0.106. The summed E-state index contributed by atoms with van der Waals surface area (Å²) in [7, 11) is 0. The Morgan fingerprint density at radius 1 is 1.07 bits per heavy atom. The smallest absolute Gasteiger partial charge is 0.398 e. The zero-order valence-corrected chi connectivity index (χ0v) is 15.0. The average Bonchev–Trinajstić information content (AvgIpc) is 2.91. The molecule has 2 amide bonds. The summed E-state index contributed by atoms with van der Waals surface area (Å²) in [5.74, 6) is -3.05. The van der Waals surface area contributed by atoms with Crippen molar-refractivity contribution >= 4 is 29.5 Å². The van der Waals surface area contributed by atoms with Crippen LogP contribution in [0, 0.1) is 0 Å². The van der Waals surface area contributed by atoms with Crippen molar-refractivity contribution in [1.82, 2.24) is 9.88 Å². The molecule has 2 aromatic rings. The molecule has 2 heterocycles. The highest BCUT2D eigenvalue weighted by atomic mass is 32.2. The number of ether oxygens (including phenoxy) is 1. The Balaban J connectivity index is 1.60. The SMILES string of the molecule is O=C(OCCN1C(=O)c2ccccc2C1=O)c1cccnc1SCC(F)(F)F. The van der Waals surface area contributed by atoms with Crippen LogP contribution in [-0.4, -0.2) is 52.7 Å². The number of esters is 1. The van der Waals surface area contributed by atoms with Gasteiger partial charge in [-0.3, -0.25) is 14.5 Å². The number of nitrogens with zero attached hydrogens (tertiary/aromatic N) is 2. The molecular weight excluding hydrogens is 397 g/mol. The van der Waals surface area contributed by atoms with Gasteiger partial charge in [-0.1, -0.05) is 23.9 Å². The van der Waals surface area contributed by atoms with Crippen molar-refractivity contribution in [3.05, 3.63) is 59.3 Å². The van der Waals surface area contributed by atoms with Gasteiger partial charge in [-0.05, 0) is 24.3 Å². The maximum atomic E-state index is 12.4. The lowest BCUT2D eigenvalue weighted by Crippen LogP contribution is -2.33. The van der Waals surface area contributed by atoms with Gasteiger partial charge in [-0.15, -0.1) is 0 Å². The summed E-state index contributed by atoms with van der Waals surface area (Å²) in [6.45, 7) is -0.452. The summed E-state index contributed by atoms with van der Waals surface area (Å²) >= 11 is 0.378. The fraction of sp³-hybridized carbons (Fsp3) is 0.222. The monoisotopic (exact) mass is 410 g/mol. The van der Waals surface area contributed by atoms with Gasteiger partial charge < -0.3 is 4.74 Å². The Hall–Kier alpha value is -2.88. The molecule has 0 fully saturated rings. The van der Waals surface area contributed by atoms with Gasteiger partial charge >= 0.3 is 12.1 Å². The number of benzene rings is 1. The minimum absolute atomic E-state index is 0.106. The molecule has 0 atom stereocenters. The molecule has 28 heavy (non-hydrogen) atoms. The van der Waals surface area contributed by atoms with E-state index in [-0.39, 0.29) is 34.9 Å². The number of rotatable bonds is 6. The van der Waals surface area contributed by atoms with Crippen molar-refractivity contribution in [2.24, 2.45) is 0 Å². The Morgan fingerprint density at radius 3 is 2.32 bits per heavy atom. The fourth-order valence-electron chi connectivity index (χ4n) is 2.56. The normalized spacial score (nSPS) is 13.6. The van der Waals surface area contributed by atoms with Gasteiger partial charge in [0, 0.05) is 6.20 Å². The van der Waals surface area contributed by atoms with E-state index in [9.17, 15) is 27.6 Å². The van der Waals surface area contributed by atoms with Crippen LogP contribution in [0.5, 0.6) is 0 Å². The highest BCUT2D eigenvalue weighted by Gasteiger charge is 2.35. The molecule has 0 bridgehead atoms. The molecule has 0 saturated carbocycles. The summed E-state index contributed by atoms with van der Waals surface area (Å²) in [5.41, 5.74) is 0.438. The molecule has 6 nitrogen and oxygen atoms in total. The van der Waals surface area contributed by atoms with Gasteiger partial charge in [0.25, 0.3) is 11.8 Å². The van der Waals surface area contributed by atoms with E-state index in [0.717, 1.165) is 4.90 Å². The third-order valence-corrected chi connectivity index (χ3v) is 4.86. The van der Waals surface area contributed by atoms with Crippen LogP contribution in [0.15, 0.2) is 47.6 Å². The summed E-state index contributed by atoms with van der Waals surface area (Å²) < 4.78 is 42.2. The molecule has 1 aromatic heterocycles. The predicted octanol–water partition coefficient (Wildman–Crippen LogP) is 3.19. The molecular formula is C18H13F3N2O4S. The highest BCUT2D eigenvalue weighted by molar-refractivity contribution is 7.99. The molecule has 10 heteroatoms. The van der Waals surface area contributed by atoms with Crippen molar-refractivity contribution < 1.29 is 32.3 Å². The van der Waals surface area contributed by atoms with E-state index in [1.54, 1.807) is 12.1 Å². The molecule has 3 rings (SSSR count). The molecule has 0 saturated heterocycles. The maximum absolute atomic E-state index is 12.4. The lowest BCUT2D eigenvalue weighted by molar-refractivity contribution is -0.105. The molecule has 1 aromatic carbocycles. The maximum Gasteiger partial charge on any atom is 0.398 e. The van der Waals surface area contributed by atoms with Crippen LogP contribution in [0.2, 0.25) is 0 Å². The molecule has 0 N–H and O–H groups in total. The second-order valence-electron chi connectivity index (χ2n) is 5.70. The Morgan fingerprint density at radius 2 is 1.71 bits per heavy atom. The van der Waals surface area contributed by atoms with Gasteiger partial charge in [-0.25, -0.2) is 9.78 Å². The fourth-order valence-corrected chi connectivity index (χ4v) is 3.30. The van der Waals surface area contributed by atoms with Gasteiger partial charge in [0.15, 0.2) is 0 Å². The quantitative estimate of drug-likeness (QED) is 0.414. The lowest BCUT2D eigenvalue weighted by atomic mass is 10.1. The molecule has 0 spiro atoms. The number of pyridine rings is 1. The van der Waals surface area contributed by atoms with Crippen LogP contribution in [0.4, 0.5) is 13.2 Å². The first-order chi connectivity index (χ1) is 13.3. The van der Waals surface area contributed by atoms with Crippen molar-refractivity contribution in [2.75, 3.05) is 18.9 Å². The number of hydrogen-bond acceptors (Lipinski definition) is 6. The van der Waals surface area contributed by atoms with Gasteiger partial charge in [0.1, 0.15) is 11.6 Å². The highest BCUT2D eigenvalue weighted by Crippen LogP contribution is 2.28. The van der Waals surface area contributed by atoms with E-state index in [1.165, 1.54) is 30.5 Å². The first-order valence-corrected chi connectivity index (χ1v) is 9.03. The summed E-state index contributed by atoms with van der Waals surface area (Å²) in [6.07, 6.45) is -3.14. The van der Waals surface area contributed by atoms with Crippen molar-refractivity contribution in [1.29, 1.82) is 0 Å². The van der Waals surface area contributed by atoms with Crippen molar-refractivity contribution in [2.45, 2.75) is 11.2 Å². The number of amides is 2. The van der Waals surface area contributed by atoms with Crippen LogP contribution in [0.25, 0.3) is 0 Å². The second kappa shape index (κ2) is 8.01. The van der Waals surface area contributed by atoms with Crippen LogP contribution in [0.3, 0.4) is 0 Å². The number of imide groups is 1. The zero-order valence-electron chi connectivity index (χ0n) is 14.2. The van der Waals surface area contributed by atoms with Gasteiger partial charge in [0.2, 0.25) is 0 Å². The third-order valence-electron chi connectivity index (χ3n) is 3.79. The zero-order chi connectivity index (χ0) is 20.3. The Labute approximate surface area is 161 Å². The van der Waals surface area contributed by atoms with E-state index < -0.39 is 29.7 Å². The minimum Gasteiger partial charge on any atom is -0.460 e. The molecule has 0 aliphatic carbocycles. The van der Waals surface area contributed by atoms with E-state index in [0.29, 0.717) is 11.8 Å². The minimum atomic E-state index is -4.41. The lowest BCUT2D eigenvalue weighted by Gasteiger charge is -2.14. The molecule has 1 aliphatic heterocycles. The van der Waals surface area contributed by atoms with Crippen molar-refractivity contribution in [3.8, 4) is 0 Å². The van der Waals surface area contributed by atoms with Gasteiger partial charge in [-0.2, -0.15) is 13.2 Å². The molecule has 146 valence electrons. The number of carbonyl (C=O) groups excluding carboxylic acids is 3. The first-order valence-electron chi connectivity index (χ1n) is 8.05. The number of hydrogen-bond donors (Lipinski definition) is 0. The standard InChI is InChI=1S/C18H13F3N2O4S/c19-18(20,21)10-28-14-13(6-3-7-22-14)17(26)27-9-8-23-15(24)11-4-1-2-5-12(11)16(23)25/h1-7H,8-10H2. The number of thioether (sulfide) groups is 1. The van der Waals surface area contributed by atoms with Gasteiger partial charge in [0.05, 0.1) is 29.0 Å². The van der Waals surface area contributed by atoms with E-state index in [1.807, 2.05) is 0 Å². The van der Waals surface area contributed by atoms with Crippen LogP contribution < -0.4 is 0 Å². The number of halogens is 3. The number of fused-ring (bicyclic) bond motifs is 1. The van der Waals surface area contributed by atoms with E-state index >= 15 is 0 Å². The van der Waals surface area contributed by atoms with Crippen LogP contribution in [-0.2, 0) is 4.74 Å². The summed E-state index contributed by atoms with van der Waals surface area (Å²) in [6, 6.07) is 9.03. The van der Waals surface area contributed by atoms with E-state index in [4.69, 9.17) is 4.74 Å². The average molecular weight is 410 g/mol. The predicted molar refractivity (Wildman–Crippen MR) is 93.1 cm³/mol. The number of alkyl halides is 3. The number of aromatic nitrogens is 1. The topological polar surface area (TPSA) is 76.6 Å². The van der Waals surface area contributed by atoms with Crippen LogP contribution in [0.1, 0.15) is 31.1 Å². The third kappa shape index (κ3) is 4.33. The molecule has 0 unspecified atom stereocenters. The first kappa shape index (κ1) is 19.9. The second-order valence-corrected chi connectivity index (χ2v) is 6.67. The molecule has 0 radical (unpaired) electrons. The Bertz CT molecular complexity index is 898. The Kier molecular flexibility index (Phi) is 5.68. The van der Waals surface area contributed by atoms with E-state index in [2.05, 4.69) is 4.98 Å². The number of carbonyl (C=O) groups is 3. The van der Waals surface area contributed by atoms with Crippen LogP contribution >= 0.6 is 11.8 Å². The van der Waals surface area contributed by atoms with Crippen molar-refractivity contribution in [3.63, 3.8) is 0 Å².